The third kappa shape index (κ3) is 0.906. The standard InChI is InChI=1S/C3H2N4O4S/c4-2-1-3(6-7-5-2)11-12(8,9)10-1/h(H2,4,5,6). The van der Waals surface area contributed by atoms with Gasteiger partial charge in [0.15, 0.2) is 5.82 Å². The zero-order chi connectivity index (χ0) is 8.77. The number of aromatic nitrogens is 3. The maximum absolute atomic E-state index is 10.6. The van der Waals surface area contributed by atoms with Gasteiger partial charge < -0.3 is 14.1 Å². The van der Waals surface area contributed by atoms with Gasteiger partial charge in [-0.3, -0.25) is 0 Å². The Balaban J connectivity index is 2.63. The van der Waals surface area contributed by atoms with E-state index in [1.165, 1.54) is 0 Å². The van der Waals surface area contributed by atoms with Crippen molar-refractivity contribution in [2.45, 2.75) is 0 Å². The Bertz CT molecular complexity index is 428. The van der Waals surface area contributed by atoms with E-state index in [9.17, 15) is 8.42 Å². The van der Waals surface area contributed by atoms with Gasteiger partial charge in [-0.25, -0.2) is 0 Å². The molecule has 8 nitrogen and oxygen atoms in total. The van der Waals surface area contributed by atoms with Crippen molar-refractivity contribution >= 4 is 16.2 Å². The number of nitrogen functional groups attached to an aromatic ring is 1. The fraction of sp³-hybridized carbons (Fsp3) is 0. The molecule has 12 heavy (non-hydrogen) atoms. The van der Waals surface area contributed by atoms with Gasteiger partial charge in [0, 0.05) is 0 Å². The molecule has 1 aliphatic rings. The summed E-state index contributed by atoms with van der Waals surface area (Å²) in [6, 6.07) is 0. The molecule has 0 amide bonds. The molecule has 0 aromatic carbocycles. The lowest BCUT2D eigenvalue weighted by Gasteiger charge is -1.91. The summed E-state index contributed by atoms with van der Waals surface area (Å²) in [5.41, 5.74) is 5.21. The largest absolute Gasteiger partial charge is 0.503 e. The van der Waals surface area contributed by atoms with Crippen LogP contribution in [0.3, 0.4) is 0 Å². The summed E-state index contributed by atoms with van der Waals surface area (Å²) in [7, 11) is -4.05. The molecule has 2 heterocycles. The van der Waals surface area contributed by atoms with Crippen molar-refractivity contribution < 1.29 is 16.8 Å². The average Bonchev–Trinajstić information content (AvgIpc) is 2.25. The van der Waals surface area contributed by atoms with Crippen LogP contribution in [-0.4, -0.2) is 23.8 Å². The summed E-state index contributed by atoms with van der Waals surface area (Å²) in [6.07, 6.45) is 0. The summed E-state index contributed by atoms with van der Waals surface area (Å²) >= 11 is 0. The Kier molecular flexibility index (Phi) is 1.14. The van der Waals surface area contributed by atoms with Crippen LogP contribution < -0.4 is 14.1 Å². The fourth-order valence-corrected chi connectivity index (χ4v) is 1.36. The first-order valence-corrected chi connectivity index (χ1v) is 4.04. The van der Waals surface area contributed by atoms with E-state index in [0.29, 0.717) is 0 Å². The van der Waals surface area contributed by atoms with Crippen LogP contribution in [0, 0.1) is 0 Å². The van der Waals surface area contributed by atoms with E-state index < -0.39 is 10.4 Å². The molecule has 1 aliphatic heterocycles. The predicted octanol–water partition coefficient (Wildman–Crippen LogP) is -1.53. The molecule has 0 bridgehead atoms. The molecule has 0 radical (unpaired) electrons. The quantitative estimate of drug-likeness (QED) is 0.523. The smallest absolute Gasteiger partial charge is 0.379 e. The van der Waals surface area contributed by atoms with Crippen LogP contribution in [0.25, 0.3) is 0 Å². The Morgan fingerprint density at radius 2 is 2.00 bits per heavy atom. The first kappa shape index (κ1) is 7.03. The van der Waals surface area contributed by atoms with Gasteiger partial charge >= 0.3 is 16.3 Å². The van der Waals surface area contributed by atoms with E-state index in [4.69, 9.17) is 5.73 Å². The second-order valence-electron chi connectivity index (χ2n) is 1.88. The van der Waals surface area contributed by atoms with Gasteiger partial charge in [0.2, 0.25) is 0 Å². The maximum atomic E-state index is 10.6. The molecule has 2 rings (SSSR count). The van der Waals surface area contributed by atoms with Crippen LogP contribution in [0.2, 0.25) is 0 Å². The van der Waals surface area contributed by atoms with Crippen LogP contribution >= 0.6 is 0 Å². The lowest BCUT2D eigenvalue weighted by molar-refractivity contribution is 0.433. The van der Waals surface area contributed by atoms with Crippen molar-refractivity contribution in [1.82, 2.24) is 15.4 Å². The molecular weight excluding hydrogens is 188 g/mol. The van der Waals surface area contributed by atoms with E-state index in [-0.39, 0.29) is 17.4 Å². The lowest BCUT2D eigenvalue weighted by Crippen LogP contribution is -2.08. The van der Waals surface area contributed by atoms with Gasteiger partial charge in [0.25, 0.3) is 5.75 Å². The van der Waals surface area contributed by atoms with Crippen molar-refractivity contribution in [3.63, 3.8) is 0 Å². The van der Waals surface area contributed by atoms with Gasteiger partial charge in [-0.05, 0) is 5.21 Å². The SMILES string of the molecule is Nc1nnnc2c1OS(=O)(=O)O2. The average molecular weight is 190 g/mol. The Hall–Kier alpha value is -1.64. The molecule has 0 spiro atoms. The second-order valence-corrected chi connectivity index (χ2v) is 3.03. The van der Waals surface area contributed by atoms with Crippen LogP contribution in [0.1, 0.15) is 0 Å². The molecule has 9 heteroatoms. The summed E-state index contributed by atoms with van der Waals surface area (Å²) in [6.45, 7) is 0. The van der Waals surface area contributed by atoms with E-state index in [2.05, 4.69) is 23.8 Å². The number of fused-ring (bicyclic) bond motifs is 1. The number of nitrogens with zero attached hydrogens (tertiary/aromatic N) is 3. The summed E-state index contributed by atoms with van der Waals surface area (Å²) in [5, 5.41) is 9.64. The van der Waals surface area contributed by atoms with Crippen molar-refractivity contribution in [3.05, 3.63) is 0 Å². The predicted molar refractivity (Wildman–Crippen MR) is 34.4 cm³/mol. The number of hydrogen-bond acceptors (Lipinski definition) is 8. The van der Waals surface area contributed by atoms with E-state index in [1.54, 1.807) is 0 Å². The minimum atomic E-state index is -4.05. The molecule has 1 aromatic heterocycles. The number of nitrogens with two attached hydrogens (primary N) is 1. The highest BCUT2D eigenvalue weighted by molar-refractivity contribution is 7.82. The zero-order valence-electron chi connectivity index (χ0n) is 5.46. The zero-order valence-corrected chi connectivity index (χ0v) is 6.28. The van der Waals surface area contributed by atoms with Crippen LogP contribution in [0.4, 0.5) is 5.82 Å². The van der Waals surface area contributed by atoms with Crippen LogP contribution in [0.5, 0.6) is 11.6 Å². The highest BCUT2D eigenvalue weighted by Crippen LogP contribution is 2.35. The fourth-order valence-electron chi connectivity index (χ4n) is 0.660. The molecule has 1 aromatic rings. The third-order valence-electron chi connectivity index (χ3n) is 1.08. The first-order valence-electron chi connectivity index (χ1n) is 2.71. The molecule has 0 fully saturated rings. The number of anilines is 1. The van der Waals surface area contributed by atoms with Gasteiger partial charge in [-0.2, -0.15) is 0 Å². The molecular formula is C3H2N4O4S. The van der Waals surface area contributed by atoms with Gasteiger partial charge in [0.05, 0.1) is 0 Å². The highest BCUT2D eigenvalue weighted by Gasteiger charge is 2.33. The summed E-state index contributed by atoms with van der Waals surface area (Å²) < 4.78 is 29.8. The Morgan fingerprint density at radius 1 is 1.25 bits per heavy atom. The van der Waals surface area contributed by atoms with E-state index >= 15 is 0 Å². The lowest BCUT2D eigenvalue weighted by atomic mass is 10.5. The van der Waals surface area contributed by atoms with Crippen molar-refractivity contribution in [1.29, 1.82) is 0 Å². The normalized spacial score (nSPS) is 17.7. The Morgan fingerprint density at radius 3 is 2.67 bits per heavy atom. The summed E-state index contributed by atoms with van der Waals surface area (Å²) in [5.74, 6) is -0.687. The second kappa shape index (κ2) is 1.94. The maximum Gasteiger partial charge on any atom is 0.503 e. The molecule has 2 N–H and O–H groups in total. The van der Waals surface area contributed by atoms with Gasteiger partial charge in [-0.15, -0.1) is 13.5 Å². The number of hydrogen-bond donors (Lipinski definition) is 1. The molecule has 0 aliphatic carbocycles. The van der Waals surface area contributed by atoms with E-state index in [1.807, 2.05) is 0 Å². The van der Waals surface area contributed by atoms with E-state index in [0.717, 1.165) is 0 Å². The molecule has 0 atom stereocenters. The first-order chi connectivity index (χ1) is 5.58. The topological polar surface area (TPSA) is 117 Å². The number of rotatable bonds is 0. The Labute approximate surface area is 66.6 Å². The van der Waals surface area contributed by atoms with Gasteiger partial charge in [0.1, 0.15) is 0 Å². The minimum absolute atomic E-state index is 0.180. The van der Waals surface area contributed by atoms with Gasteiger partial charge in [-0.1, -0.05) is 5.10 Å². The third-order valence-corrected chi connectivity index (χ3v) is 1.81. The van der Waals surface area contributed by atoms with Crippen LogP contribution in [0.15, 0.2) is 0 Å². The van der Waals surface area contributed by atoms with Crippen LogP contribution in [-0.2, 0) is 10.4 Å². The molecule has 0 saturated carbocycles. The molecule has 0 unspecified atom stereocenters. The van der Waals surface area contributed by atoms with Crippen molar-refractivity contribution in [2.75, 3.05) is 5.73 Å². The van der Waals surface area contributed by atoms with Crippen molar-refractivity contribution in [2.24, 2.45) is 0 Å². The molecule has 0 saturated heterocycles. The monoisotopic (exact) mass is 190 g/mol. The minimum Gasteiger partial charge on any atom is -0.379 e. The van der Waals surface area contributed by atoms with Crippen molar-refractivity contribution in [3.8, 4) is 11.6 Å². The molecule has 64 valence electrons. The highest BCUT2D eigenvalue weighted by atomic mass is 32.3. The summed E-state index contributed by atoms with van der Waals surface area (Å²) in [4.78, 5) is 0.